The average Bonchev–Trinajstić information content (AvgIpc) is 2.53. The maximum atomic E-state index is 11.3. The molecular weight excluding hydrogens is 266 g/mol. The van der Waals surface area contributed by atoms with E-state index in [-0.39, 0.29) is 5.78 Å². The van der Waals surface area contributed by atoms with Crippen molar-refractivity contribution in [3.63, 3.8) is 0 Å². The van der Waals surface area contributed by atoms with E-state index in [0.29, 0.717) is 6.73 Å². The summed E-state index contributed by atoms with van der Waals surface area (Å²) >= 11 is 0. The molecule has 2 aromatic rings. The maximum Gasteiger partial charge on any atom is 0.161 e. The van der Waals surface area contributed by atoms with Gasteiger partial charge in [0.1, 0.15) is 11.5 Å². The molecule has 1 heterocycles. The first-order valence-corrected chi connectivity index (χ1v) is 6.83. The van der Waals surface area contributed by atoms with Crippen LogP contribution in [0.15, 0.2) is 42.5 Å². The number of carbonyl (C=O) groups is 1. The molecule has 0 aromatic heterocycles. The van der Waals surface area contributed by atoms with Crippen molar-refractivity contribution in [2.24, 2.45) is 0 Å². The number of hydrogen-bond acceptors (Lipinski definition) is 4. The quantitative estimate of drug-likeness (QED) is 0.811. The summed E-state index contributed by atoms with van der Waals surface area (Å²) in [4.78, 5) is 13.4. The molecule has 0 saturated heterocycles. The molecule has 2 aromatic carbocycles. The van der Waals surface area contributed by atoms with Crippen molar-refractivity contribution in [1.29, 1.82) is 0 Å². The highest BCUT2D eigenvalue weighted by Gasteiger charge is 2.18. The number of Topliss-reactive ketones (excluding diaryl/α,β-unsaturated/α-hetero) is 1. The van der Waals surface area contributed by atoms with Gasteiger partial charge >= 0.3 is 0 Å². The third-order valence-electron chi connectivity index (χ3n) is 3.64. The number of nitrogens with zero attached hydrogens (tertiary/aromatic N) is 1. The molecule has 4 heteroatoms. The summed E-state index contributed by atoms with van der Waals surface area (Å²) in [6.45, 7) is 2.83. The van der Waals surface area contributed by atoms with Crippen LogP contribution in [0.4, 0.5) is 5.69 Å². The Morgan fingerprint density at radius 2 is 1.95 bits per heavy atom. The number of ether oxygens (including phenoxy) is 2. The summed E-state index contributed by atoms with van der Waals surface area (Å²) in [7, 11) is 1.66. The molecule has 0 bridgehead atoms. The van der Waals surface area contributed by atoms with Crippen molar-refractivity contribution in [3.8, 4) is 11.5 Å². The number of benzene rings is 2. The van der Waals surface area contributed by atoms with Gasteiger partial charge in [-0.25, -0.2) is 0 Å². The van der Waals surface area contributed by atoms with E-state index in [9.17, 15) is 4.79 Å². The van der Waals surface area contributed by atoms with Gasteiger partial charge < -0.3 is 14.4 Å². The zero-order valence-electron chi connectivity index (χ0n) is 12.1. The standard InChI is InChI=1S/C17H17NO3/c1-12(19)13-3-5-15(6-4-13)18-10-14-9-16(20-2)7-8-17(14)21-11-18/h3-9H,10-11H2,1-2H3. The zero-order valence-corrected chi connectivity index (χ0v) is 12.1. The van der Waals surface area contributed by atoms with Gasteiger partial charge in [0.15, 0.2) is 12.5 Å². The number of carbonyl (C=O) groups excluding carboxylic acids is 1. The van der Waals surface area contributed by atoms with E-state index in [4.69, 9.17) is 9.47 Å². The number of anilines is 1. The van der Waals surface area contributed by atoms with Crippen LogP contribution in [0.2, 0.25) is 0 Å². The van der Waals surface area contributed by atoms with Gasteiger partial charge in [-0.15, -0.1) is 0 Å². The molecule has 0 saturated carbocycles. The molecule has 21 heavy (non-hydrogen) atoms. The van der Waals surface area contributed by atoms with Crippen LogP contribution in [0.5, 0.6) is 11.5 Å². The number of hydrogen-bond donors (Lipinski definition) is 0. The Hall–Kier alpha value is -2.49. The van der Waals surface area contributed by atoms with Crippen molar-refractivity contribution in [2.75, 3.05) is 18.7 Å². The van der Waals surface area contributed by atoms with Crippen molar-refractivity contribution < 1.29 is 14.3 Å². The van der Waals surface area contributed by atoms with E-state index in [2.05, 4.69) is 4.90 Å². The van der Waals surface area contributed by atoms with E-state index in [0.717, 1.165) is 34.9 Å². The van der Waals surface area contributed by atoms with Gasteiger partial charge in [-0.3, -0.25) is 4.79 Å². The summed E-state index contributed by atoms with van der Waals surface area (Å²) in [6, 6.07) is 13.4. The monoisotopic (exact) mass is 283 g/mol. The van der Waals surface area contributed by atoms with Gasteiger partial charge in [-0.1, -0.05) is 0 Å². The fourth-order valence-corrected chi connectivity index (χ4v) is 2.42. The summed E-state index contributed by atoms with van der Waals surface area (Å²) in [6.07, 6.45) is 0. The number of methoxy groups -OCH3 is 1. The highest BCUT2D eigenvalue weighted by molar-refractivity contribution is 5.94. The molecule has 1 aliphatic heterocycles. The van der Waals surface area contributed by atoms with E-state index in [1.165, 1.54) is 0 Å². The first-order chi connectivity index (χ1) is 10.2. The van der Waals surface area contributed by atoms with Crippen LogP contribution in [0.1, 0.15) is 22.8 Å². The van der Waals surface area contributed by atoms with Crippen LogP contribution < -0.4 is 14.4 Å². The van der Waals surface area contributed by atoms with Crippen molar-refractivity contribution in [3.05, 3.63) is 53.6 Å². The first kappa shape index (κ1) is 13.5. The van der Waals surface area contributed by atoms with Crippen molar-refractivity contribution in [2.45, 2.75) is 13.5 Å². The molecular formula is C17H17NO3. The van der Waals surface area contributed by atoms with Crippen LogP contribution in [-0.2, 0) is 6.54 Å². The number of ketones is 1. The normalized spacial score (nSPS) is 13.3. The van der Waals surface area contributed by atoms with Crippen LogP contribution >= 0.6 is 0 Å². The van der Waals surface area contributed by atoms with E-state index in [1.807, 2.05) is 42.5 Å². The predicted molar refractivity (Wildman–Crippen MR) is 81.1 cm³/mol. The lowest BCUT2D eigenvalue weighted by atomic mass is 10.1. The van der Waals surface area contributed by atoms with Crippen molar-refractivity contribution >= 4 is 11.5 Å². The minimum Gasteiger partial charge on any atom is -0.497 e. The van der Waals surface area contributed by atoms with Gasteiger partial charge in [-0.05, 0) is 49.4 Å². The highest BCUT2D eigenvalue weighted by Crippen LogP contribution is 2.31. The lowest BCUT2D eigenvalue weighted by Gasteiger charge is -2.31. The smallest absolute Gasteiger partial charge is 0.161 e. The molecule has 3 rings (SSSR count). The Morgan fingerprint density at radius 1 is 1.19 bits per heavy atom. The van der Waals surface area contributed by atoms with Crippen LogP contribution in [-0.4, -0.2) is 19.6 Å². The summed E-state index contributed by atoms with van der Waals surface area (Å²) in [5, 5.41) is 0. The van der Waals surface area contributed by atoms with Crippen LogP contribution in [0.25, 0.3) is 0 Å². The molecule has 1 aliphatic rings. The lowest BCUT2D eigenvalue weighted by molar-refractivity contribution is 0.101. The fourth-order valence-electron chi connectivity index (χ4n) is 2.42. The van der Waals surface area contributed by atoms with Crippen molar-refractivity contribution in [1.82, 2.24) is 0 Å². The first-order valence-electron chi connectivity index (χ1n) is 6.83. The summed E-state index contributed by atoms with van der Waals surface area (Å²) in [5.41, 5.74) is 2.85. The minimum atomic E-state index is 0.0755. The van der Waals surface area contributed by atoms with Gasteiger partial charge in [0.2, 0.25) is 0 Å². The third-order valence-corrected chi connectivity index (χ3v) is 3.64. The molecule has 0 atom stereocenters. The summed E-state index contributed by atoms with van der Waals surface area (Å²) < 4.78 is 11.0. The van der Waals surface area contributed by atoms with Crippen LogP contribution in [0, 0.1) is 0 Å². The Kier molecular flexibility index (Phi) is 3.52. The lowest BCUT2D eigenvalue weighted by Crippen LogP contribution is -2.31. The Labute approximate surface area is 123 Å². The fraction of sp³-hybridized carbons (Fsp3) is 0.235. The van der Waals surface area contributed by atoms with E-state index in [1.54, 1.807) is 14.0 Å². The highest BCUT2D eigenvalue weighted by atomic mass is 16.5. The molecule has 4 nitrogen and oxygen atoms in total. The Balaban J connectivity index is 1.83. The molecule has 0 fully saturated rings. The van der Waals surface area contributed by atoms with E-state index < -0.39 is 0 Å². The van der Waals surface area contributed by atoms with E-state index >= 15 is 0 Å². The molecule has 0 amide bonds. The Morgan fingerprint density at radius 3 is 2.62 bits per heavy atom. The molecule has 0 unspecified atom stereocenters. The molecule has 0 radical (unpaired) electrons. The predicted octanol–water partition coefficient (Wildman–Crippen LogP) is 3.25. The number of fused-ring (bicyclic) bond motifs is 1. The second-order valence-corrected chi connectivity index (χ2v) is 5.05. The SMILES string of the molecule is COc1ccc2c(c1)CN(c1ccc(C(C)=O)cc1)CO2. The number of rotatable bonds is 3. The molecule has 0 N–H and O–H groups in total. The van der Waals surface area contributed by atoms with Gasteiger partial charge in [0.05, 0.1) is 7.11 Å². The second kappa shape index (κ2) is 5.48. The third kappa shape index (κ3) is 2.70. The van der Waals surface area contributed by atoms with Gasteiger partial charge in [0.25, 0.3) is 0 Å². The molecule has 0 spiro atoms. The Bertz CT molecular complexity index is 664. The van der Waals surface area contributed by atoms with Gasteiger partial charge in [0, 0.05) is 23.4 Å². The molecule has 0 aliphatic carbocycles. The maximum absolute atomic E-state index is 11.3. The topological polar surface area (TPSA) is 38.8 Å². The largest absolute Gasteiger partial charge is 0.497 e. The second-order valence-electron chi connectivity index (χ2n) is 5.05. The van der Waals surface area contributed by atoms with Gasteiger partial charge in [-0.2, -0.15) is 0 Å². The minimum absolute atomic E-state index is 0.0755. The average molecular weight is 283 g/mol. The molecule has 108 valence electrons. The van der Waals surface area contributed by atoms with Crippen LogP contribution in [0.3, 0.4) is 0 Å². The zero-order chi connectivity index (χ0) is 14.8. The summed E-state index contributed by atoms with van der Waals surface area (Å²) in [5.74, 6) is 1.80.